The lowest BCUT2D eigenvalue weighted by Gasteiger charge is -2.12. The Morgan fingerprint density at radius 3 is 2.69 bits per heavy atom. The zero-order chi connectivity index (χ0) is 20.8. The second-order valence-electron chi connectivity index (χ2n) is 6.19. The van der Waals surface area contributed by atoms with Gasteiger partial charge in [-0.25, -0.2) is 0 Å². The quantitative estimate of drug-likeness (QED) is 0.305. The predicted octanol–water partition coefficient (Wildman–Crippen LogP) is 5.80. The normalized spacial score (nSPS) is 11.0. The largest absolute Gasteiger partial charge is 0.496 e. The second-order valence-corrected chi connectivity index (χ2v) is 7.48. The van der Waals surface area contributed by atoms with Gasteiger partial charge in [0.05, 0.1) is 11.6 Å². The van der Waals surface area contributed by atoms with Crippen LogP contribution < -0.4 is 9.47 Å². The lowest BCUT2D eigenvalue weighted by atomic mass is 10.1. The van der Waals surface area contributed by atoms with Crippen molar-refractivity contribution in [2.45, 2.75) is 20.1 Å². The highest BCUT2D eigenvalue weighted by atomic mass is 79.9. The molecule has 3 rings (SSSR count). The second kappa shape index (κ2) is 9.76. The third-order valence-electron chi connectivity index (χ3n) is 4.23. The molecular formula is C22H20BrClN2O3. The molecule has 0 aliphatic carbocycles. The molecule has 0 bridgehead atoms. The van der Waals surface area contributed by atoms with Crippen molar-refractivity contribution < 1.29 is 14.3 Å². The molecular weight excluding hydrogens is 456 g/mol. The van der Waals surface area contributed by atoms with E-state index in [1.807, 2.05) is 25.1 Å². The molecule has 0 saturated carbocycles. The minimum absolute atomic E-state index is 0.143. The molecule has 2 aromatic carbocycles. The standard InChI is InChI=1S/C22H20BrClN2O3/c1-3-26-11-10-19(25-26)20(27)7-4-15-5-8-21(28-2)16(12-15)14-29-22-9-6-17(24)13-18(22)23/h4-13H,3,14H2,1-2H3/b7-4+. The predicted molar refractivity (Wildman–Crippen MR) is 118 cm³/mol. The van der Waals surface area contributed by atoms with Crippen LogP contribution >= 0.6 is 27.5 Å². The van der Waals surface area contributed by atoms with Gasteiger partial charge in [-0.1, -0.05) is 23.7 Å². The Morgan fingerprint density at radius 1 is 1.21 bits per heavy atom. The number of halogens is 2. The molecule has 0 saturated heterocycles. The van der Waals surface area contributed by atoms with Crippen molar-refractivity contribution in [2.75, 3.05) is 7.11 Å². The summed E-state index contributed by atoms with van der Waals surface area (Å²) in [4.78, 5) is 12.3. The fourth-order valence-corrected chi connectivity index (χ4v) is 3.49. The number of allylic oxidation sites excluding steroid dienone is 1. The molecule has 1 heterocycles. The SMILES string of the molecule is CCn1ccc(C(=O)/C=C/c2ccc(OC)c(COc3ccc(Cl)cc3Br)c2)n1. The summed E-state index contributed by atoms with van der Waals surface area (Å²) in [5, 5.41) is 4.85. The molecule has 150 valence electrons. The Kier molecular flexibility index (Phi) is 7.12. The number of aryl methyl sites for hydroxylation is 1. The van der Waals surface area contributed by atoms with Crippen molar-refractivity contribution in [3.8, 4) is 11.5 Å². The summed E-state index contributed by atoms with van der Waals surface area (Å²) in [6.07, 6.45) is 5.07. The highest BCUT2D eigenvalue weighted by molar-refractivity contribution is 9.10. The van der Waals surface area contributed by atoms with E-state index in [0.29, 0.717) is 28.8 Å². The number of ether oxygens (including phenoxy) is 2. The maximum absolute atomic E-state index is 12.3. The molecule has 0 radical (unpaired) electrons. The summed E-state index contributed by atoms with van der Waals surface area (Å²) >= 11 is 9.41. The van der Waals surface area contributed by atoms with Crippen molar-refractivity contribution in [2.24, 2.45) is 0 Å². The Labute approximate surface area is 183 Å². The maximum Gasteiger partial charge on any atom is 0.206 e. The van der Waals surface area contributed by atoms with Crippen molar-refractivity contribution in [1.29, 1.82) is 0 Å². The van der Waals surface area contributed by atoms with Crippen molar-refractivity contribution in [1.82, 2.24) is 9.78 Å². The number of hydrogen-bond donors (Lipinski definition) is 0. The highest BCUT2D eigenvalue weighted by Crippen LogP contribution is 2.30. The molecule has 3 aromatic rings. The zero-order valence-corrected chi connectivity index (χ0v) is 18.4. The topological polar surface area (TPSA) is 53.4 Å². The highest BCUT2D eigenvalue weighted by Gasteiger charge is 2.09. The molecule has 0 aliphatic rings. The van der Waals surface area contributed by atoms with Gasteiger partial charge in [0.1, 0.15) is 23.8 Å². The van der Waals surface area contributed by atoms with Gasteiger partial charge in [-0.3, -0.25) is 9.48 Å². The van der Waals surface area contributed by atoms with Crippen LogP contribution in [-0.4, -0.2) is 22.7 Å². The lowest BCUT2D eigenvalue weighted by Crippen LogP contribution is -2.01. The minimum atomic E-state index is -0.143. The molecule has 7 heteroatoms. The first kappa shape index (κ1) is 21.1. The van der Waals surface area contributed by atoms with Crippen LogP contribution in [0.2, 0.25) is 5.02 Å². The van der Waals surface area contributed by atoms with E-state index in [9.17, 15) is 4.79 Å². The maximum atomic E-state index is 12.3. The van der Waals surface area contributed by atoms with Crippen molar-refractivity contribution in [3.05, 3.63) is 81.1 Å². The Bertz CT molecular complexity index is 1050. The summed E-state index contributed by atoms with van der Waals surface area (Å²) in [7, 11) is 1.61. The molecule has 0 fully saturated rings. The van der Waals surface area contributed by atoms with Gasteiger partial charge in [0.2, 0.25) is 5.78 Å². The number of carbonyl (C=O) groups is 1. The smallest absolute Gasteiger partial charge is 0.206 e. The first-order valence-corrected chi connectivity index (χ1v) is 10.2. The van der Waals surface area contributed by atoms with Crippen LogP contribution in [0.15, 0.2) is 59.2 Å². The summed E-state index contributed by atoms with van der Waals surface area (Å²) in [6, 6.07) is 12.7. The van der Waals surface area contributed by atoms with E-state index in [0.717, 1.165) is 22.1 Å². The van der Waals surface area contributed by atoms with E-state index in [-0.39, 0.29) is 5.78 Å². The summed E-state index contributed by atoms with van der Waals surface area (Å²) < 4.78 is 13.8. The van der Waals surface area contributed by atoms with Crippen LogP contribution in [0, 0.1) is 0 Å². The van der Waals surface area contributed by atoms with E-state index < -0.39 is 0 Å². The van der Waals surface area contributed by atoms with Gasteiger partial charge in [0.25, 0.3) is 0 Å². The molecule has 0 N–H and O–H groups in total. The van der Waals surface area contributed by atoms with Gasteiger partial charge in [-0.2, -0.15) is 5.10 Å². The number of methoxy groups -OCH3 is 1. The summed E-state index contributed by atoms with van der Waals surface area (Å²) in [5.41, 5.74) is 2.15. The molecule has 29 heavy (non-hydrogen) atoms. The van der Waals surface area contributed by atoms with Crippen LogP contribution in [0.25, 0.3) is 6.08 Å². The van der Waals surface area contributed by atoms with Gasteiger partial charge >= 0.3 is 0 Å². The van der Waals surface area contributed by atoms with Crippen LogP contribution in [0.5, 0.6) is 11.5 Å². The van der Waals surface area contributed by atoms with Gasteiger partial charge in [-0.05, 0) is 70.9 Å². The zero-order valence-electron chi connectivity index (χ0n) is 16.1. The number of rotatable bonds is 8. The average molecular weight is 476 g/mol. The number of ketones is 1. The van der Waals surface area contributed by atoms with Gasteiger partial charge in [0.15, 0.2) is 0 Å². The van der Waals surface area contributed by atoms with E-state index >= 15 is 0 Å². The molecule has 0 atom stereocenters. The average Bonchev–Trinajstić information content (AvgIpc) is 3.21. The number of benzene rings is 2. The summed E-state index contributed by atoms with van der Waals surface area (Å²) in [6.45, 7) is 3.00. The first-order chi connectivity index (χ1) is 14.0. The number of aromatic nitrogens is 2. The molecule has 1 aromatic heterocycles. The van der Waals surface area contributed by atoms with Crippen LogP contribution in [0.1, 0.15) is 28.5 Å². The van der Waals surface area contributed by atoms with E-state index in [4.69, 9.17) is 21.1 Å². The van der Waals surface area contributed by atoms with Crippen LogP contribution in [-0.2, 0) is 13.2 Å². The number of nitrogens with zero attached hydrogens (tertiary/aromatic N) is 2. The van der Waals surface area contributed by atoms with Gasteiger partial charge in [0, 0.05) is 23.3 Å². The number of hydrogen-bond acceptors (Lipinski definition) is 4. The third-order valence-corrected chi connectivity index (χ3v) is 5.08. The van der Waals surface area contributed by atoms with Crippen LogP contribution in [0.3, 0.4) is 0 Å². The fraction of sp³-hybridized carbons (Fsp3) is 0.182. The molecule has 0 amide bonds. The van der Waals surface area contributed by atoms with Crippen molar-refractivity contribution in [3.63, 3.8) is 0 Å². The van der Waals surface area contributed by atoms with Crippen LogP contribution in [0.4, 0.5) is 0 Å². The Balaban J connectivity index is 1.74. The molecule has 0 spiro atoms. The van der Waals surface area contributed by atoms with Gasteiger partial charge in [-0.15, -0.1) is 0 Å². The minimum Gasteiger partial charge on any atom is -0.496 e. The molecule has 0 unspecified atom stereocenters. The fourth-order valence-electron chi connectivity index (χ4n) is 2.69. The Morgan fingerprint density at radius 2 is 2.00 bits per heavy atom. The van der Waals surface area contributed by atoms with E-state index in [1.54, 1.807) is 48.3 Å². The Hall–Kier alpha value is -2.57. The third kappa shape index (κ3) is 5.49. The van der Waals surface area contributed by atoms with E-state index in [2.05, 4.69) is 21.0 Å². The summed E-state index contributed by atoms with van der Waals surface area (Å²) in [5.74, 6) is 1.25. The van der Waals surface area contributed by atoms with Crippen molar-refractivity contribution >= 4 is 39.4 Å². The van der Waals surface area contributed by atoms with E-state index in [1.165, 1.54) is 6.08 Å². The lowest BCUT2D eigenvalue weighted by molar-refractivity contribution is 0.104. The molecule has 0 aliphatic heterocycles. The molecule has 5 nitrogen and oxygen atoms in total. The number of carbonyl (C=O) groups excluding carboxylic acids is 1. The van der Waals surface area contributed by atoms with Gasteiger partial charge < -0.3 is 9.47 Å². The monoisotopic (exact) mass is 474 g/mol. The first-order valence-electron chi connectivity index (χ1n) is 9.00.